The Balaban J connectivity index is 1.42. The summed E-state index contributed by atoms with van der Waals surface area (Å²) in [5.74, 6) is -4.22. The molecule has 0 saturated carbocycles. The molecule has 2 aliphatic heterocycles. The molecule has 0 aliphatic carbocycles. The van der Waals surface area contributed by atoms with Gasteiger partial charge in [-0.25, -0.2) is 21.6 Å². The molecule has 0 spiro atoms. The number of rotatable bonds is 6. The molecule has 2 aliphatic rings. The highest BCUT2D eigenvalue weighted by Crippen LogP contribution is 2.40. The van der Waals surface area contributed by atoms with Crippen LogP contribution in [0.1, 0.15) is 31.2 Å². The summed E-state index contributed by atoms with van der Waals surface area (Å²) in [7, 11) is -3.73. The highest BCUT2D eigenvalue weighted by molar-refractivity contribution is 7.92. The second kappa shape index (κ2) is 8.86. The number of carbonyl (C=O) groups excluding carboxylic acids is 1. The number of piperidine rings is 1. The molecule has 32 heavy (non-hydrogen) atoms. The fourth-order valence-corrected chi connectivity index (χ4v) is 6.28. The van der Waals surface area contributed by atoms with Gasteiger partial charge in [-0.15, -0.1) is 0 Å². The maximum atomic E-state index is 14.0. The lowest BCUT2D eigenvalue weighted by atomic mass is 9.82. The van der Waals surface area contributed by atoms with E-state index >= 15 is 0 Å². The lowest BCUT2D eigenvalue weighted by Gasteiger charge is -2.41. The van der Waals surface area contributed by atoms with Crippen LogP contribution in [0.4, 0.5) is 13.2 Å². The molecule has 0 aromatic heterocycles. The van der Waals surface area contributed by atoms with Crippen molar-refractivity contribution < 1.29 is 26.4 Å². The summed E-state index contributed by atoms with van der Waals surface area (Å²) in [4.78, 5) is 14.7. The second-order valence-electron chi connectivity index (χ2n) is 8.72. The monoisotopic (exact) mass is 466 g/mol. The molecule has 0 radical (unpaired) electrons. The van der Waals surface area contributed by atoms with Crippen molar-refractivity contribution >= 4 is 15.7 Å². The van der Waals surface area contributed by atoms with E-state index in [-0.39, 0.29) is 34.9 Å². The van der Waals surface area contributed by atoms with Gasteiger partial charge in [0.05, 0.1) is 4.90 Å². The van der Waals surface area contributed by atoms with E-state index in [9.17, 15) is 26.4 Å². The summed E-state index contributed by atoms with van der Waals surface area (Å²) in [6, 6.07) is 8.51. The number of benzene rings is 2. The Morgan fingerprint density at radius 2 is 1.59 bits per heavy atom. The number of hydrogen-bond acceptors (Lipinski definition) is 4. The third kappa shape index (κ3) is 4.54. The van der Waals surface area contributed by atoms with Crippen molar-refractivity contribution in [2.45, 2.75) is 55.1 Å². The number of nitrogens with two attached hydrogens (primary N) is 1. The fraction of sp³-hybridized carbons (Fsp3) is 0.435. The minimum Gasteiger partial charge on any atom is -0.336 e. The first-order chi connectivity index (χ1) is 15.2. The number of fused-ring (bicyclic) bond motifs is 2. The maximum absolute atomic E-state index is 14.0. The van der Waals surface area contributed by atoms with Crippen LogP contribution in [0.3, 0.4) is 0 Å². The zero-order valence-corrected chi connectivity index (χ0v) is 18.2. The van der Waals surface area contributed by atoms with Gasteiger partial charge in [0, 0.05) is 24.2 Å². The minimum atomic E-state index is -3.73. The Morgan fingerprint density at radius 3 is 2.22 bits per heavy atom. The smallest absolute Gasteiger partial charge is 0.238 e. The van der Waals surface area contributed by atoms with Gasteiger partial charge in [0.2, 0.25) is 5.91 Å². The lowest BCUT2D eigenvalue weighted by molar-refractivity contribution is -0.133. The number of sulfone groups is 1. The third-order valence-corrected chi connectivity index (χ3v) is 8.24. The molecule has 1 amide bonds. The molecule has 2 N–H and O–H groups in total. The molecule has 2 aromatic carbocycles. The molecule has 5 nitrogen and oxygen atoms in total. The van der Waals surface area contributed by atoms with Crippen LogP contribution in [0.5, 0.6) is 0 Å². The van der Waals surface area contributed by atoms with Gasteiger partial charge in [-0.3, -0.25) is 4.79 Å². The molecule has 2 fully saturated rings. The van der Waals surface area contributed by atoms with Gasteiger partial charge in [-0.1, -0.05) is 18.2 Å². The van der Waals surface area contributed by atoms with Crippen LogP contribution >= 0.6 is 0 Å². The van der Waals surface area contributed by atoms with Gasteiger partial charge in [0.25, 0.3) is 0 Å². The predicted molar refractivity (Wildman–Crippen MR) is 113 cm³/mol. The highest BCUT2D eigenvalue weighted by Gasteiger charge is 2.45. The SMILES string of the molecule is N[C@H](Cc1cc(F)c(F)cc1F)C1CC2CCC(C1)N2C(=O)CS(=O)(=O)c1ccccc1. The van der Waals surface area contributed by atoms with E-state index < -0.39 is 45.0 Å². The lowest BCUT2D eigenvalue weighted by Crippen LogP contribution is -2.51. The molecule has 2 saturated heterocycles. The molecule has 2 bridgehead atoms. The van der Waals surface area contributed by atoms with Gasteiger partial charge in [0.15, 0.2) is 21.5 Å². The van der Waals surface area contributed by atoms with Crippen LogP contribution < -0.4 is 5.73 Å². The first-order valence-electron chi connectivity index (χ1n) is 10.6. The van der Waals surface area contributed by atoms with Crippen LogP contribution in [0.25, 0.3) is 0 Å². The topological polar surface area (TPSA) is 80.5 Å². The molecular formula is C23H25F3N2O3S. The van der Waals surface area contributed by atoms with E-state index in [1.165, 1.54) is 12.1 Å². The Labute approximate surface area is 185 Å². The van der Waals surface area contributed by atoms with E-state index in [0.717, 1.165) is 18.9 Å². The van der Waals surface area contributed by atoms with Crippen molar-refractivity contribution in [1.82, 2.24) is 4.90 Å². The van der Waals surface area contributed by atoms with Crippen molar-refractivity contribution in [3.63, 3.8) is 0 Å². The first-order valence-corrected chi connectivity index (χ1v) is 12.3. The minimum absolute atomic E-state index is 0.0243. The maximum Gasteiger partial charge on any atom is 0.238 e. The van der Waals surface area contributed by atoms with E-state index in [1.54, 1.807) is 23.1 Å². The molecule has 2 aromatic rings. The summed E-state index contributed by atoms with van der Waals surface area (Å²) >= 11 is 0. The number of nitrogens with zero attached hydrogens (tertiary/aromatic N) is 1. The zero-order valence-electron chi connectivity index (χ0n) is 17.4. The molecule has 2 unspecified atom stereocenters. The summed E-state index contributed by atoms with van der Waals surface area (Å²) in [6.07, 6.45) is 2.71. The van der Waals surface area contributed by atoms with Gasteiger partial charge >= 0.3 is 0 Å². The Morgan fingerprint density at radius 1 is 1.00 bits per heavy atom. The van der Waals surface area contributed by atoms with Crippen LogP contribution in [0, 0.1) is 23.4 Å². The normalized spacial score (nSPS) is 23.9. The molecule has 172 valence electrons. The standard InChI is InChI=1S/C23H25F3N2O3S/c24-19-12-21(26)20(25)10-14(19)11-22(27)15-8-16-6-7-17(9-15)28(16)23(29)13-32(30,31)18-4-2-1-3-5-18/h1-5,10,12,15-17,22H,6-9,11,13,27H2/t15?,16?,17?,22-/m1/s1. The van der Waals surface area contributed by atoms with E-state index in [1.807, 2.05) is 0 Å². The summed E-state index contributed by atoms with van der Waals surface area (Å²) < 4.78 is 65.9. The van der Waals surface area contributed by atoms with Crippen LogP contribution in [-0.2, 0) is 21.1 Å². The summed E-state index contributed by atoms with van der Waals surface area (Å²) in [6.45, 7) is 0. The Hall–Kier alpha value is -2.39. The molecule has 9 heteroatoms. The third-order valence-electron chi connectivity index (χ3n) is 6.62. The quantitative estimate of drug-likeness (QED) is 0.663. The number of halogens is 3. The molecular weight excluding hydrogens is 441 g/mol. The molecule has 3 atom stereocenters. The van der Waals surface area contributed by atoms with Crippen molar-refractivity contribution in [1.29, 1.82) is 0 Å². The Bertz CT molecular complexity index is 1100. The zero-order chi connectivity index (χ0) is 23.0. The fourth-order valence-electron chi connectivity index (χ4n) is 5.06. The van der Waals surface area contributed by atoms with Gasteiger partial charge < -0.3 is 10.6 Å². The van der Waals surface area contributed by atoms with Crippen molar-refractivity contribution in [2.75, 3.05) is 5.75 Å². The van der Waals surface area contributed by atoms with Crippen molar-refractivity contribution in [2.24, 2.45) is 11.7 Å². The van der Waals surface area contributed by atoms with Crippen molar-refractivity contribution in [3.8, 4) is 0 Å². The van der Waals surface area contributed by atoms with Crippen LogP contribution in [0.15, 0.2) is 47.4 Å². The average molecular weight is 467 g/mol. The largest absolute Gasteiger partial charge is 0.336 e. The van der Waals surface area contributed by atoms with E-state index in [4.69, 9.17) is 5.73 Å². The molecule has 4 rings (SSSR count). The van der Waals surface area contributed by atoms with E-state index in [0.29, 0.717) is 18.9 Å². The van der Waals surface area contributed by atoms with Crippen LogP contribution in [0.2, 0.25) is 0 Å². The number of hydrogen-bond donors (Lipinski definition) is 1. The number of amides is 1. The Kier molecular flexibility index (Phi) is 6.31. The predicted octanol–water partition coefficient (Wildman–Crippen LogP) is 3.22. The number of carbonyl (C=O) groups is 1. The highest BCUT2D eigenvalue weighted by atomic mass is 32.2. The summed E-state index contributed by atoms with van der Waals surface area (Å²) in [5.41, 5.74) is 6.33. The van der Waals surface area contributed by atoms with Gasteiger partial charge in [0.1, 0.15) is 11.6 Å². The first kappa shape index (κ1) is 22.8. The summed E-state index contributed by atoms with van der Waals surface area (Å²) in [5, 5.41) is 0. The molecule has 2 heterocycles. The second-order valence-corrected chi connectivity index (χ2v) is 10.7. The van der Waals surface area contributed by atoms with Gasteiger partial charge in [-0.05, 0) is 61.8 Å². The average Bonchev–Trinajstić information content (AvgIpc) is 3.02. The van der Waals surface area contributed by atoms with Crippen LogP contribution in [-0.4, -0.2) is 43.1 Å². The van der Waals surface area contributed by atoms with E-state index in [2.05, 4.69) is 0 Å². The van der Waals surface area contributed by atoms with Gasteiger partial charge in [-0.2, -0.15) is 0 Å². The van der Waals surface area contributed by atoms with Crippen molar-refractivity contribution in [3.05, 3.63) is 65.5 Å².